The Bertz CT molecular complexity index is 913. The van der Waals surface area contributed by atoms with Crippen LogP contribution >= 0.6 is 0 Å². The number of hydrogen-bond donors (Lipinski definition) is 1. The van der Waals surface area contributed by atoms with E-state index in [1.807, 2.05) is 12.1 Å². The van der Waals surface area contributed by atoms with Gasteiger partial charge in [0.25, 0.3) is 0 Å². The molecule has 2 aliphatic rings. The highest BCUT2D eigenvalue weighted by atomic mass is 16.5. The molecule has 30 heavy (non-hydrogen) atoms. The highest BCUT2D eigenvalue weighted by molar-refractivity contribution is 5.71. The molecule has 162 valence electrons. The van der Waals surface area contributed by atoms with Gasteiger partial charge < -0.3 is 24.4 Å². The summed E-state index contributed by atoms with van der Waals surface area (Å²) in [7, 11) is 1.70. The van der Waals surface area contributed by atoms with Crippen LogP contribution < -0.4 is 19.3 Å². The molecule has 2 aliphatic heterocycles. The average molecular weight is 411 g/mol. The number of anilines is 2. The van der Waals surface area contributed by atoms with E-state index in [1.165, 1.54) is 33.6 Å². The van der Waals surface area contributed by atoms with Crippen molar-refractivity contribution in [3.63, 3.8) is 0 Å². The van der Waals surface area contributed by atoms with Gasteiger partial charge in [-0.2, -0.15) is 0 Å². The Morgan fingerprint density at radius 2 is 1.63 bits per heavy atom. The molecule has 0 aromatic heterocycles. The molecule has 5 heteroatoms. The number of fused-ring (bicyclic) bond motifs is 1. The lowest BCUT2D eigenvalue weighted by molar-refractivity contribution is 0.136. The largest absolute Gasteiger partial charge is 0.497 e. The zero-order valence-electron chi connectivity index (χ0n) is 18.9. The number of nitrogens with zero attached hydrogens (tertiary/aromatic N) is 2. The van der Waals surface area contributed by atoms with Crippen molar-refractivity contribution < 1.29 is 14.6 Å². The summed E-state index contributed by atoms with van der Waals surface area (Å²) < 4.78 is 11.6. The van der Waals surface area contributed by atoms with Gasteiger partial charge in [0, 0.05) is 61.7 Å². The number of rotatable bonds is 5. The van der Waals surface area contributed by atoms with Crippen LogP contribution in [-0.2, 0) is 12.8 Å². The second-order valence-corrected chi connectivity index (χ2v) is 9.07. The Hall–Kier alpha value is -2.40. The van der Waals surface area contributed by atoms with Crippen LogP contribution in [0.25, 0.3) is 0 Å². The summed E-state index contributed by atoms with van der Waals surface area (Å²) in [6.07, 6.45) is 1.56. The van der Waals surface area contributed by atoms with Crippen molar-refractivity contribution in [2.24, 2.45) is 0 Å². The van der Waals surface area contributed by atoms with Crippen molar-refractivity contribution in [3.8, 4) is 11.5 Å². The summed E-state index contributed by atoms with van der Waals surface area (Å²) >= 11 is 0. The van der Waals surface area contributed by atoms with Gasteiger partial charge in [0.15, 0.2) is 0 Å². The smallest absolute Gasteiger partial charge is 0.127 e. The molecule has 0 saturated carbocycles. The summed E-state index contributed by atoms with van der Waals surface area (Å²) in [4.78, 5) is 4.96. The van der Waals surface area contributed by atoms with Gasteiger partial charge >= 0.3 is 0 Å². The van der Waals surface area contributed by atoms with E-state index in [9.17, 15) is 5.11 Å². The summed E-state index contributed by atoms with van der Waals surface area (Å²) in [6.45, 7) is 12.8. The second kappa shape index (κ2) is 8.03. The number of aliphatic hydroxyl groups is 1. The fourth-order valence-corrected chi connectivity index (χ4v) is 5.03. The highest BCUT2D eigenvalue weighted by Gasteiger charge is 2.36. The normalized spacial score (nSPS) is 17.7. The number of piperazine rings is 1. The topological polar surface area (TPSA) is 45.2 Å². The van der Waals surface area contributed by atoms with Gasteiger partial charge in [0.1, 0.15) is 17.1 Å². The zero-order chi connectivity index (χ0) is 21.5. The minimum atomic E-state index is -0.185. The van der Waals surface area contributed by atoms with Crippen LogP contribution in [0.15, 0.2) is 24.3 Å². The molecule has 0 spiro atoms. The van der Waals surface area contributed by atoms with Gasteiger partial charge in [-0.15, -0.1) is 0 Å². The standard InChI is InChI=1S/C25H34N2O3/c1-17-21(10-15-28)24-22(16-25(3,4)30-24)18(2)23(17)27-13-11-26(12-14-27)19-6-8-20(29-5)9-7-19/h6-9,28H,10-16H2,1-5H3. The van der Waals surface area contributed by atoms with Crippen molar-refractivity contribution in [1.82, 2.24) is 0 Å². The summed E-state index contributed by atoms with van der Waals surface area (Å²) in [6, 6.07) is 8.33. The van der Waals surface area contributed by atoms with Gasteiger partial charge in [0.2, 0.25) is 0 Å². The third kappa shape index (κ3) is 3.71. The number of benzene rings is 2. The third-order valence-corrected chi connectivity index (χ3v) is 6.54. The first-order chi connectivity index (χ1) is 14.3. The van der Waals surface area contributed by atoms with E-state index in [1.54, 1.807) is 7.11 Å². The monoisotopic (exact) mass is 410 g/mol. The molecule has 2 aromatic rings. The van der Waals surface area contributed by atoms with Crippen LogP contribution in [0.1, 0.15) is 36.1 Å². The van der Waals surface area contributed by atoms with Crippen LogP contribution in [0.4, 0.5) is 11.4 Å². The Morgan fingerprint density at radius 3 is 2.23 bits per heavy atom. The van der Waals surface area contributed by atoms with Crippen molar-refractivity contribution in [2.45, 2.75) is 46.1 Å². The fourth-order valence-electron chi connectivity index (χ4n) is 5.03. The van der Waals surface area contributed by atoms with E-state index in [2.05, 4.69) is 49.6 Å². The predicted octanol–water partition coefficient (Wildman–Crippen LogP) is 3.89. The first-order valence-corrected chi connectivity index (χ1v) is 10.9. The Balaban J connectivity index is 1.60. The number of hydrogen-bond acceptors (Lipinski definition) is 5. The first kappa shape index (κ1) is 20.9. The molecule has 0 atom stereocenters. The molecule has 0 radical (unpaired) electrons. The maximum absolute atomic E-state index is 9.69. The maximum Gasteiger partial charge on any atom is 0.127 e. The van der Waals surface area contributed by atoms with Crippen LogP contribution in [0.2, 0.25) is 0 Å². The maximum atomic E-state index is 9.69. The number of methoxy groups -OCH3 is 1. The minimum absolute atomic E-state index is 0.144. The zero-order valence-corrected chi connectivity index (χ0v) is 18.9. The molecule has 5 nitrogen and oxygen atoms in total. The molecule has 0 aliphatic carbocycles. The lowest BCUT2D eigenvalue weighted by atomic mass is 9.90. The van der Waals surface area contributed by atoms with Crippen LogP contribution in [0.3, 0.4) is 0 Å². The average Bonchev–Trinajstić information content (AvgIpc) is 3.07. The molecule has 0 amide bonds. The number of aliphatic hydroxyl groups excluding tert-OH is 1. The van der Waals surface area contributed by atoms with Gasteiger partial charge in [-0.3, -0.25) is 0 Å². The Kier molecular flexibility index (Phi) is 5.58. The molecule has 2 heterocycles. The lowest BCUT2D eigenvalue weighted by Gasteiger charge is -2.39. The summed E-state index contributed by atoms with van der Waals surface area (Å²) in [5.74, 6) is 1.91. The molecule has 4 rings (SSSR count). The van der Waals surface area contributed by atoms with Crippen molar-refractivity contribution in [1.29, 1.82) is 0 Å². The van der Waals surface area contributed by atoms with Crippen LogP contribution in [0.5, 0.6) is 11.5 Å². The molecular weight excluding hydrogens is 376 g/mol. The fraction of sp³-hybridized carbons (Fsp3) is 0.520. The summed E-state index contributed by atoms with van der Waals surface area (Å²) in [5, 5.41) is 9.69. The molecule has 1 fully saturated rings. The van der Waals surface area contributed by atoms with Gasteiger partial charge in [-0.1, -0.05) is 0 Å². The van der Waals surface area contributed by atoms with E-state index in [4.69, 9.17) is 9.47 Å². The highest BCUT2D eigenvalue weighted by Crippen LogP contribution is 2.46. The van der Waals surface area contributed by atoms with E-state index >= 15 is 0 Å². The van der Waals surface area contributed by atoms with E-state index < -0.39 is 0 Å². The van der Waals surface area contributed by atoms with Crippen molar-refractivity contribution in [2.75, 3.05) is 49.7 Å². The predicted molar refractivity (Wildman–Crippen MR) is 123 cm³/mol. The number of ether oxygens (including phenoxy) is 2. The Morgan fingerprint density at radius 1 is 1.00 bits per heavy atom. The van der Waals surface area contributed by atoms with E-state index in [-0.39, 0.29) is 12.2 Å². The van der Waals surface area contributed by atoms with Crippen LogP contribution in [0, 0.1) is 13.8 Å². The second-order valence-electron chi connectivity index (χ2n) is 9.07. The van der Waals surface area contributed by atoms with E-state index in [0.29, 0.717) is 6.42 Å². The molecule has 1 N–H and O–H groups in total. The minimum Gasteiger partial charge on any atom is -0.497 e. The molecule has 1 saturated heterocycles. The van der Waals surface area contributed by atoms with Crippen molar-refractivity contribution in [3.05, 3.63) is 46.5 Å². The molecule has 2 aromatic carbocycles. The molecule has 0 bridgehead atoms. The lowest BCUT2D eigenvalue weighted by Crippen LogP contribution is -2.47. The summed E-state index contributed by atoms with van der Waals surface area (Å²) in [5.41, 5.74) is 7.50. The first-order valence-electron chi connectivity index (χ1n) is 10.9. The van der Waals surface area contributed by atoms with Crippen molar-refractivity contribution >= 4 is 11.4 Å². The quantitative estimate of drug-likeness (QED) is 0.810. The molecular formula is C25H34N2O3. The van der Waals surface area contributed by atoms with Gasteiger partial charge in [-0.05, 0) is 69.5 Å². The van der Waals surface area contributed by atoms with E-state index in [0.717, 1.165) is 44.1 Å². The Labute approximate surface area is 180 Å². The van der Waals surface area contributed by atoms with Gasteiger partial charge in [0.05, 0.1) is 7.11 Å². The van der Waals surface area contributed by atoms with Crippen LogP contribution in [-0.4, -0.2) is 50.6 Å². The third-order valence-electron chi connectivity index (χ3n) is 6.54. The molecule has 0 unspecified atom stereocenters. The van der Waals surface area contributed by atoms with Gasteiger partial charge in [-0.25, -0.2) is 0 Å². The SMILES string of the molecule is COc1ccc(N2CCN(c3c(C)c(CCO)c4c(c3C)CC(C)(C)O4)CC2)cc1.